The third-order valence-corrected chi connectivity index (χ3v) is 3.19. The second kappa shape index (κ2) is 4.96. The van der Waals surface area contributed by atoms with Crippen LogP contribution in [0.5, 0.6) is 0 Å². The highest BCUT2D eigenvalue weighted by Gasteiger charge is 2.11. The van der Waals surface area contributed by atoms with Gasteiger partial charge in [-0.15, -0.1) is 0 Å². The van der Waals surface area contributed by atoms with Gasteiger partial charge in [0, 0.05) is 18.8 Å². The molecule has 3 aromatic rings. The number of nitrogens with two attached hydrogens (primary N) is 1. The number of hydrogen-bond acceptors (Lipinski definition) is 3. The maximum Gasteiger partial charge on any atom is 0.131 e. The van der Waals surface area contributed by atoms with Crippen LogP contribution in [0.25, 0.3) is 11.0 Å². The zero-order valence-corrected chi connectivity index (χ0v) is 11.3. The smallest absolute Gasteiger partial charge is 0.131 e. The van der Waals surface area contributed by atoms with E-state index < -0.39 is 0 Å². The van der Waals surface area contributed by atoms with Crippen LogP contribution in [0.4, 0.5) is 10.1 Å². The number of halogens is 1. The summed E-state index contributed by atoms with van der Waals surface area (Å²) in [6.45, 7) is 3.47. The van der Waals surface area contributed by atoms with Crippen LogP contribution in [0, 0.1) is 5.82 Å². The fourth-order valence-electron chi connectivity index (χ4n) is 2.36. The van der Waals surface area contributed by atoms with Gasteiger partial charge in [0.15, 0.2) is 0 Å². The van der Waals surface area contributed by atoms with Crippen molar-refractivity contribution >= 4 is 16.7 Å². The molecule has 20 heavy (non-hydrogen) atoms. The highest BCUT2D eigenvalue weighted by atomic mass is 19.1. The molecule has 0 saturated carbocycles. The zero-order chi connectivity index (χ0) is 14.1. The predicted molar refractivity (Wildman–Crippen MR) is 75.7 cm³/mol. The Morgan fingerprint density at radius 1 is 1.35 bits per heavy atom. The van der Waals surface area contributed by atoms with Crippen molar-refractivity contribution in [1.29, 1.82) is 0 Å². The Hall–Kier alpha value is -2.37. The quantitative estimate of drug-likeness (QED) is 0.794. The molecule has 0 fully saturated rings. The lowest BCUT2D eigenvalue weighted by molar-refractivity contribution is 0.593. The van der Waals surface area contributed by atoms with Crippen molar-refractivity contribution in [1.82, 2.24) is 19.3 Å². The molecule has 0 aliphatic heterocycles. The van der Waals surface area contributed by atoms with Gasteiger partial charge in [0.1, 0.15) is 11.6 Å². The van der Waals surface area contributed by atoms with Gasteiger partial charge in [0.05, 0.1) is 29.5 Å². The third-order valence-electron chi connectivity index (χ3n) is 3.19. The molecule has 6 heteroatoms. The van der Waals surface area contributed by atoms with Crippen LogP contribution in [-0.2, 0) is 13.1 Å². The van der Waals surface area contributed by atoms with E-state index in [4.69, 9.17) is 5.73 Å². The van der Waals surface area contributed by atoms with Gasteiger partial charge in [-0.05, 0) is 18.6 Å². The van der Waals surface area contributed by atoms with Gasteiger partial charge in [-0.2, -0.15) is 5.10 Å². The lowest BCUT2D eigenvalue weighted by atomic mass is 10.3. The van der Waals surface area contributed by atoms with Crippen LogP contribution in [0.3, 0.4) is 0 Å². The van der Waals surface area contributed by atoms with E-state index in [9.17, 15) is 4.39 Å². The van der Waals surface area contributed by atoms with Gasteiger partial charge in [-0.3, -0.25) is 4.68 Å². The van der Waals surface area contributed by atoms with Gasteiger partial charge in [-0.25, -0.2) is 9.37 Å². The molecule has 2 heterocycles. The van der Waals surface area contributed by atoms with Crippen LogP contribution in [0.15, 0.2) is 30.6 Å². The molecule has 0 saturated heterocycles. The summed E-state index contributed by atoms with van der Waals surface area (Å²) < 4.78 is 17.1. The number of aromatic nitrogens is 4. The second-order valence-corrected chi connectivity index (χ2v) is 4.78. The standard InChI is InChI=1S/C14H16FN5/c1-2-5-20-13-4-3-10(15)6-12(13)18-14(20)9-19-8-11(16)7-17-19/h3-4,6-8H,2,5,9,16H2,1H3. The molecular formula is C14H16FN5. The minimum Gasteiger partial charge on any atom is -0.396 e. The van der Waals surface area contributed by atoms with Crippen LogP contribution >= 0.6 is 0 Å². The van der Waals surface area contributed by atoms with Gasteiger partial charge in [-0.1, -0.05) is 6.92 Å². The maximum atomic E-state index is 13.3. The Labute approximate surface area is 115 Å². The van der Waals surface area contributed by atoms with Crippen LogP contribution in [0.2, 0.25) is 0 Å². The Kier molecular flexibility index (Phi) is 3.14. The fourth-order valence-corrected chi connectivity index (χ4v) is 2.36. The largest absolute Gasteiger partial charge is 0.396 e. The van der Waals surface area contributed by atoms with Crippen molar-refractivity contribution in [3.8, 4) is 0 Å². The van der Waals surface area contributed by atoms with E-state index in [2.05, 4.69) is 21.6 Å². The monoisotopic (exact) mass is 273 g/mol. The highest BCUT2D eigenvalue weighted by Crippen LogP contribution is 2.19. The summed E-state index contributed by atoms with van der Waals surface area (Å²) >= 11 is 0. The summed E-state index contributed by atoms with van der Waals surface area (Å²) in [5.74, 6) is 0.587. The fraction of sp³-hybridized carbons (Fsp3) is 0.286. The maximum absolute atomic E-state index is 13.3. The van der Waals surface area contributed by atoms with Crippen molar-refractivity contribution in [3.63, 3.8) is 0 Å². The predicted octanol–water partition coefficient (Wildman–Crippen LogP) is 2.41. The number of fused-ring (bicyclic) bond motifs is 1. The van der Waals surface area contributed by atoms with Gasteiger partial charge in [0.2, 0.25) is 0 Å². The van der Waals surface area contributed by atoms with Crippen LogP contribution in [-0.4, -0.2) is 19.3 Å². The lowest BCUT2D eigenvalue weighted by Crippen LogP contribution is -2.09. The highest BCUT2D eigenvalue weighted by molar-refractivity contribution is 5.76. The normalized spacial score (nSPS) is 11.3. The van der Waals surface area contributed by atoms with Crippen molar-refractivity contribution in [2.24, 2.45) is 0 Å². The minimum absolute atomic E-state index is 0.270. The molecule has 2 aromatic heterocycles. The van der Waals surface area contributed by atoms with E-state index in [1.807, 2.05) is 0 Å². The first-order valence-corrected chi connectivity index (χ1v) is 6.60. The third kappa shape index (κ3) is 2.24. The summed E-state index contributed by atoms with van der Waals surface area (Å²) in [7, 11) is 0. The summed E-state index contributed by atoms with van der Waals surface area (Å²) in [5, 5.41) is 4.16. The van der Waals surface area contributed by atoms with E-state index in [-0.39, 0.29) is 5.82 Å². The lowest BCUT2D eigenvalue weighted by Gasteiger charge is -2.07. The van der Waals surface area contributed by atoms with Crippen LogP contribution in [0.1, 0.15) is 19.2 Å². The van der Waals surface area contributed by atoms with E-state index in [1.54, 1.807) is 23.1 Å². The zero-order valence-electron chi connectivity index (χ0n) is 11.3. The number of rotatable bonds is 4. The summed E-state index contributed by atoms with van der Waals surface area (Å²) in [6.07, 6.45) is 4.35. The summed E-state index contributed by atoms with van der Waals surface area (Å²) in [4.78, 5) is 4.52. The Balaban J connectivity index is 2.06. The van der Waals surface area contributed by atoms with Crippen LogP contribution < -0.4 is 5.73 Å². The molecule has 0 aliphatic rings. The molecule has 0 bridgehead atoms. The molecule has 0 unspecified atom stereocenters. The minimum atomic E-state index is -0.270. The number of nitrogen functional groups attached to an aromatic ring is 1. The topological polar surface area (TPSA) is 61.7 Å². The molecule has 104 valence electrons. The number of aryl methyl sites for hydroxylation is 1. The van der Waals surface area contributed by atoms with Crippen molar-refractivity contribution in [2.75, 3.05) is 5.73 Å². The van der Waals surface area contributed by atoms with Gasteiger partial charge in [0.25, 0.3) is 0 Å². The molecule has 0 spiro atoms. The molecular weight excluding hydrogens is 257 g/mol. The second-order valence-electron chi connectivity index (χ2n) is 4.78. The molecule has 5 nitrogen and oxygen atoms in total. The number of imidazole rings is 1. The van der Waals surface area contributed by atoms with Crippen molar-refractivity contribution in [2.45, 2.75) is 26.4 Å². The number of anilines is 1. The Morgan fingerprint density at radius 2 is 2.20 bits per heavy atom. The van der Waals surface area contributed by atoms with Gasteiger partial charge < -0.3 is 10.3 Å². The molecule has 1 aromatic carbocycles. The summed E-state index contributed by atoms with van der Waals surface area (Å²) in [6, 6.07) is 4.70. The van der Waals surface area contributed by atoms with Crippen molar-refractivity contribution < 1.29 is 4.39 Å². The Bertz CT molecular complexity index is 743. The number of benzene rings is 1. The average Bonchev–Trinajstić information content (AvgIpc) is 2.95. The van der Waals surface area contributed by atoms with Gasteiger partial charge >= 0.3 is 0 Å². The SMILES string of the molecule is CCCn1c(Cn2cc(N)cn2)nc2cc(F)ccc21. The summed E-state index contributed by atoms with van der Waals surface area (Å²) in [5.41, 5.74) is 7.91. The first-order chi connectivity index (χ1) is 9.67. The van der Waals surface area contributed by atoms with E-state index >= 15 is 0 Å². The molecule has 0 radical (unpaired) electrons. The number of hydrogen-bond donors (Lipinski definition) is 1. The number of nitrogens with zero attached hydrogens (tertiary/aromatic N) is 4. The molecule has 0 amide bonds. The van der Waals surface area contributed by atoms with E-state index in [1.165, 1.54) is 12.1 Å². The average molecular weight is 273 g/mol. The Morgan fingerprint density at radius 3 is 2.90 bits per heavy atom. The molecule has 2 N–H and O–H groups in total. The molecule has 0 aliphatic carbocycles. The van der Waals surface area contributed by atoms with E-state index in [0.717, 1.165) is 24.3 Å². The van der Waals surface area contributed by atoms with Crippen molar-refractivity contribution in [3.05, 3.63) is 42.2 Å². The first kappa shape index (κ1) is 12.7. The molecule has 0 atom stereocenters. The molecule has 3 rings (SSSR count). The first-order valence-electron chi connectivity index (χ1n) is 6.60. The van der Waals surface area contributed by atoms with E-state index in [0.29, 0.717) is 17.7 Å².